The van der Waals surface area contributed by atoms with Crippen molar-refractivity contribution in [3.8, 4) is 0 Å². The average molecular weight is 177 g/mol. The van der Waals surface area contributed by atoms with Crippen LogP contribution in [0.25, 0.3) is 0 Å². The van der Waals surface area contributed by atoms with Crippen LogP contribution in [0.4, 0.5) is 0 Å². The normalized spacial score (nSPS) is 9.27. The van der Waals surface area contributed by atoms with Gasteiger partial charge in [-0.15, -0.1) is 12.4 Å². The highest BCUT2D eigenvalue weighted by molar-refractivity contribution is 5.85. The van der Waals surface area contributed by atoms with Gasteiger partial charge < -0.3 is 10.3 Å². The fourth-order valence-electron chi connectivity index (χ4n) is 0.816. The summed E-state index contributed by atoms with van der Waals surface area (Å²) >= 11 is 0. The van der Waals surface area contributed by atoms with Crippen molar-refractivity contribution in [1.29, 1.82) is 0 Å². The molecule has 1 rings (SSSR count). The van der Waals surface area contributed by atoms with E-state index in [1.165, 1.54) is 0 Å². The Morgan fingerprint density at radius 1 is 1.64 bits per heavy atom. The van der Waals surface area contributed by atoms with E-state index in [1.807, 2.05) is 6.07 Å². The minimum atomic E-state index is 0. The molecule has 0 aliphatic carbocycles. The average Bonchev–Trinajstić information content (AvgIpc) is 2.37. The Morgan fingerprint density at radius 3 is 2.82 bits per heavy atom. The maximum atomic E-state index is 5.34. The summed E-state index contributed by atoms with van der Waals surface area (Å²) in [7, 11) is 0. The number of aryl methyl sites for hydroxylation is 1. The summed E-state index contributed by atoms with van der Waals surface area (Å²) in [5, 5.41) is 3.75. The van der Waals surface area contributed by atoms with Gasteiger partial charge in [0.2, 0.25) is 0 Å². The summed E-state index contributed by atoms with van der Waals surface area (Å²) in [5.74, 6) is 0.933. The lowest BCUT2D eigenvalue weighted by Gasteiger charge is -1.83. The van der Waals surface area contributed by atoms with Crippen molar-refractivity contribution in [2.45, 2.75) is 26.3 Å². The lowest BCUT2D eigenvalue weighted by atomic mass is 10.2. The highest BCUT2D eigenvalue weighted by Gasteiger charge is 1.99. The highest BCUT2D eigenvalue weighted by Crippen LogP contribution is 2.04. The van der Waals surface area contributed by atoms with E-state index in [-0.39, 0.29) is 12.4 Å². The van der Waals surface area contributed by atoms with Crippen molar-refractivity contribution < 1.29 is 4.52 Å². The number of rotatable bonds is 3. The Kier molecular flexibility index (Phi) is 4.90. The van der Waals surface area contributed by atoms with Crippen LogP contribution in [0.1, 0.15) is 24.8 Å². The zero-order valence-corrected chi connectivity index (χ0v) is 7.36. The molecule has 0 fully saturated rings. The van der Waals surface area contributed by atoms with Gasteiger partial charge in [0.05, 0.1) is 5.69 Å². The number of aromatic nitrogens is 1. The van der Waals surface area contributed by atoms with Crippen LogP contribution in [-0.4, -0.2) is 5.16 Å². The standard InChI is InChI=1S/C7H12N2O.ClH/c1-2-3-7-4-6(5-8)9-10-7;/h4H,2-3,5,8H2,1H3;1H. The molecule has 1 heterocycles. The number of hydrogen-bond acceptors (Lipinski definition) is 3. The van der Waals surface area contributed by atoms with E-state index in [0.29, 0.717) is 6.54 Å². The summed E-state index contributed by atoms with van der Waals surface area (Å²) in [6, 6.07) is 1.91. The van der Waals surface area contributed by atoms with Crippen molar-refractivity contribution in [3.63, 3.8) is 0 Å². The van der Waals surface area contributed by atoms with Gasteiger partial charge in [-0.3, -0.25) is 0 Å². The maximum absolute atomic E-state index is 5.34. The van der Waals surface area contributed by atoms with Crippen LogP contribution in [0.5, 0.6) is 0 Å². The van der Waals surface area contributed by atoms with Crippen LogP contribution in [0, 0.1) is 0 Å². The van der Waals surface area contributed by atoms with Gasteiger partial charge in [-0.1, -0.05) is 12.1 Å². The Morgan fingerprint density at radius 2 is 2.36 bits per heavy atom. The number of hydrogen-bond donors (Lipinski definition) is 1. The summed E-state index contributed by atoms with van der Waals surface area (Å²) in [5.41, 5.74) is 6.17. The maximum Gasteiger partial charge on any atom is 0.137 e. The van der Waals surface area contributed by atoms with E-state index in [4.69, 9.17) is 10.3 Å². The molecule has 0 aromatic carbocycles. The summed E-state index contributed by atoms with van der Waals surface area (Å²) < 4.78 is 4.97. The molecule has 4 heteroatoms. The van der Waals surface area contributed by atoms with E-state index >= 15 is 0 Å². The molecule has 0 unspecified atom stereocenters. The molecule has 0 aliphatic heterocycles. The number of nitrogens with zero attached hydrogens (tertiary/aromatic N) is 1. The minimum Gasteiger partial charge on any atom is -0.361 e. The van der Waals surface area contributed by atoms with E-state index in [0.717, 1.165) is 24.3 Å². The molecule has 1 aromatic rings. The van der Waals surface area contributed by atoms with Gasteiger partial charge in [-0.2, -0.15) is 0 Å². The third kappa shape index (κ3) is 2.91. The predicted molar refractivity (Wildman–Crippen MR) is 45.6 cm³/mol. The van der Waals surface area contributed by atoms with Gasteiger partial charge >= 0.3 is 0 Å². The first-order valence-corrected chi connectivity index (χ1v) is 3.51. The van der Waals surface area contributed by atoms with E-state index < -0.39 is 0 Å². The number of nitrogens with two attached hydrogens (primary N) is 1. The van der Waals surface area contributed by atoms with Gasteiger partial charge in [0.25, 0.3) is 0 Å². The van der Waals surface area contributed by atoms with E-state index in [1.54, 1.807) is 0 Å². The molecule has 1 aromatic heterocycles. The van der Waals surface area contributed by atoms with Gasteiger partial charge in [0.15, 0.2) is 0 Å². The van der Waals surface area contributed by atoms with Gasteiger partial charge in [-0.05, 0) is 6.42 Å². The second-order valence-electron chi connectivity index (χ2n) is 2.24. The predicted octanol–water partition coefficient (Wildman–Crippen LogP) is 1.51. The highest BCUT2D eigenvalue weighted by atomic mass is 35.5. The molecule has 2 N–H and O–H groups in total. The largest absolute Gasteiger partial charge is 0.361 e. The third-order valence-corrected chi connectivity index (χ3v) is 1.31. The second kappa shape index (κ2) is 5.16. The van der Waals surface area contributed by atoms with Crippen LogP contribution in [0.15, 0.2) is 10.6 Å². The molecule has 11 heavy (non-hydrogen) atoms. The summed E-state index contributed by atoms with van der Waals surface area (Å²) in [4.78, 5) is 0. The number of halogens is 1. The SMILES string of the molecule is CCCc1cc(CN)no1.Cl. The molecule has 0 amide bonds. The lowest BCUT2D eigenvalue weighted by Crippen LogP contribution is -1.94. The molecule has 0 bridgehead atoms. The van der Waals surface area contributed by atoms with Gasteiger partial charge in [0, 0.05) is 19.0 Å². The minimum absolute atomic E-state index is 0. The Bertz CT molecular complexity index is 200. The smallest absolute Gasteiger partial charge is 0.137 e. The molecule has 0 atom stereocenters. The van der Waals surface area contributed by atoms with Crippen molar-refractivity contribution in [3.05, 3.63) is 17.5 Å². The van der Waals surface area contributed by atoms with Crippen LogP contribution >= 0.6 is 12.4 Å². The quantitative estimate of drug-likeness (QED) is 0.760. The third-order valence-electron chi connectivity index (χ3n) is 1.31. The second-order valence-corrected chi connectivity index (χ2v) is 2.24. The Hall–Kier alpha value is -0.540. The lowest BCUT2D eigenvalue weighted by molar-refractivity contribution is 0.376. The molecule has 0 aliphatic rings. The topological polar surface area (TPSA) is 52.0 Å². The zero-order chi connectivity index (χ0) is 7.40. The van der Waals surface area contributed by atoms with Crippen LogP contribution < -0.4 is 5.73 Å². The summed E-state index contributed by atoms with van der Waals surface area (Å²) in [6.45, 7) is 2.57. The molecule has 3 nitrogen and oxygen atoms in total. The molecule has 0 radical (unpaired) electrons. The van der Waals surface area contributed by atoms with E-state index in [2.05, 4.69) is 12.1 Å². The fourth-order valence-corrected chi connectivity index (χ4v) is 0.816. The molecular formula is C7H13ClN2O. The summed E-state index contributed by atoms with van der Waals surface area (Å²) in [6.07, 6.45) is 2.03. The van der Waals surface area contributed by atoms with Crippen molar-refractivity contribution >= 4 is 12.4 Å². The molecule has 64 valence electrons. The van der Waals surface area contributed by atoms with Crippen LogP contribution in [-0.2, 0) is 13.0 Å². The van der Waals surface area contributed by atoms with Crippen LogP contribution in [0.2, 0.25) is 0 Å². The van der Waals surface area contributed by atoms with Gasteiger partial charge in [-0.25, -0.2) is 0 Å². The molecular weight excluding hydrogens is 164 g/mol. The Balaban J connectivity index is 0.000001000. The monoisotopic (exact) mass is 176 g/mol. The zero-order valence-electron chi connectivity index (χ0n) is 6.54. The van der Waals surface area contributed by atoms with Crippen molar-refractivity contribution in [2.24, 2.45) is 5.73 Å². The Labute approximate surface area is 72.3 Å². The fraction of sp³-hybridized carbons (Fsp3) is 0.571. The molecule has 0 spiro atoms. The first-order valence-electron chi connectivity index (χ1n) is 3.51. The van der Waals surface area contributed by atoms with E-state index in [9.17, 15) is 0 Å². The van der Waals surface area contributed by atoms with Gasteiger partial charge in [0.1, 0.15) is 5.76 Å². The molecule has 0 saturated heterocycles. The first-order chi connectivity index (χ1) is 4.86. The van der Waals surface area contributed by atoms with Crippen molar-refractivity contribution in [1.82, 2.24) is 5.16 Å². The van der Waals surface area contributed by atoms with Crippen LogP contribution in [0.3, 0.4) is 0 Å². The first kappa shape index (κ1) is 10.5. The molecule has 0 saturated carbocycles. The van der Waals surface area contributed by atoms with Crippen molar-refractivity contribution in [2.75, 3.05) is 0 Å².